The van der Waals surface area contributed by atoms with E-state index < -0.39 is 17.4 Å². The smallest absolute Gasteiger partial charge is 0.268 e. The first kappa shape index (κ1) is 20.3. The Kier molecular flexibility index (Phi) is 5.21. The molecule has 0 radical (unpaired) electrons. The van der Waals surface area contributed by atoms with Crippen molar-refractivity contribution in [3.63, 3.8) is 0 Å². The van der Waals surface area contributed by atoms with E-state index in [0.29, 0.717) is 18.7 Å². The van der Waals surface area contributed by atoms with Gasteiger partial charge in [-0.2, -0.15) is 0 Å². The van der Waals surface area contributed by atoms with Gasteiger partial charge < -0.3 is 15.2 Å². The zero-order valence-electron chi connectivity index (χ0n) is 16.7. The molecule has 5 nitrogen and oxygen atoms in total. The number of hydrogen-bond donors (Lipinski definition) is 2. The van der Waals surface area contributed by atoms with Crippen molar-refractivity contribution >= 4 is 22.7 Å². The number of alkyl halides is 2. The third-order valence-corrected chi connectivity index (χ3v) is 5.62. The number of aryl methyl sites for hydroxylation is 1. The van der Waals surface area contributed by atoms with Gasteiger partial charge in [-0.15, -0.1) is 0 Å². The van der Waals surface area contributed by atoms with Crippen molar-refractivity contribution in [1.82, 2.24) is 15.2 Å². The number of nitrogens with one attached hydrogen (secondary N) is 2. The Labute approximate surface area is 166 Å². The molecule has 2 N–H and O–H groups in total. The molecule has 2 heterocycles. The minimum atomic E-state index is -2.66. The second kappa shape index (κ2) is 7.18. The summed E-state index contributed by atoms with van der Waals surface area (Å²) in [6.07, 6.45) is 0.187. The number of rotatable bonds is 3. The van der Waals surface area contributed by atoms with Gasteiger partial charge in [0.25, 0.3) is 11.8 Å². The molecule has 2 atom stereocenters. The van der Waals surface area contributed by atoms with Crippen molar-refractivity contribution in [3.05, 3.63) is 35.5 Å². The molecule has 0 unspecified atom stereocenters. The molecule has 1 aromatic carbocycles. The van der Waals surface area contributed by atoms with Crippen LogP contribution in [0.5, 0.6) is 0 Å². The Bertz CT molecular complexity index is 919. The summed E-state index contributed by atoms with van der Waals surface area (Å²) < 4.78 is 27.0. The van der Waals surface area contributed by atoms with Crippen molar-refractivity contribution in [3.8, 4) is 0 Å². The largest absolute Gasteiger partial charge is 0.351 e. The maximum atomic E-state index is 13.5. The molecular weight excluding hydrogens is 364 g/mol. The number of amides is 2. The SMILES string of the molecule is CC.Cc1ccc2[nH]c(C(=O)N[C@H](C)C(=O)N3CC[C@@]4(C3)CC4(F)F)cc2c1.[HH].[HH]. The van der Waals surface area contributed by atoms with E-state index in [1.807, 2.05) is 39.0 Å². The summed E-state index contributed by atoms with van der Waals surface area (Å²) in [7, 11) is 0. The molecule has 7 heteroatoms. The van der Waals surface area contributed by atoms with Gasteiger partial charge in [0.05, 0.1) is 5.41 Å². The second-order valence-corrected chi connectivity index (χ2v) is 7.64. The third kappa shape index (κ3) is 3.50. The van der Waals surface area contributed by atoms with Crippen molar-refractivity contribution in [2.45, 2.75) is 52.5 Å². The van der Waals surface area contributed by atoms with Gasteiger partial charge in [-0.05, 0) is 38.5 Å². The number of H-pyrrole nitrogens is 1. The average Bonchev–Trinajstić information content (AvgIpc) is 3.04. The van der Waals surface area contributed by atoms with Gasteiger partial charge in [0.15, 0.2) is 0 Å². The molecule has 156 valence electrons. The van der Waals surface area contributed by atoms with Crippen molar-refractivity contribution in [1.29, 1.82) is 0 Å². The van der Waals surface area contributed by atoms with E-state index in [1.54, 1.807) is 13.0 Å². The minimum absolute atomic E-state index is 0. The summed E-state index contributed by atoms with van der Waals surface area (Å²) in [5.41, 5.74) is 1.28. The number of aromatic nitrogens is 1. The number of benzene rings is 1. The summed E-state index contributed by atoms with van der Waals surface area (Å²) in [5.74, 6) is -3.35. The summed E-state index contributed by atoms with van der Waals surface area (Å²) in [6, 6.07) is 6.79. The van der Waals surface area contributed by atoms with Gasteiger partial charge in [0.2, 0.25) is 5.91 Å². The quantitative estimate of drug-likeness (QED) is 0.810. The Morgan fingerprint density at radius 3 is 2.57 bits per heavy atom. The highest BCUT2D eigenvalue weighted by molar-refractivity contribution is 6.00. The molecule has 0 bridgehead atoms. The molecule has 28 heavy (non-hydrogen) atoms. The van der Waals surface area contributed by atoms with Crippen molar-refractivity contribution in [2.24, 2.45) is 5.41 Å². The number of fused-ring (bicyclic) bond motifs is 1. The average molecular weight is 395 g/mol. The molecule has 2 aliphatic rings. The van der Waals surface area contributed by atoms with Gasteiger partial charge in [-0.1, -0.05) is 25.5 Å². The first-order valence-electron chi connectivity index (χ1n) is 9.78. The van der Waals surface area contributed by atoms with Crippen molar-refractivity contribution in [2.75, 3.05) is 13.1 Å². The van der Waals surface area contributed by atoms with E-state index in [0.717, 1.165) is 16.5 Å². The van der Waals surface area contributed by atoms with E-state index in [9.17, 15) is 18.4 Å². The predicted molar refractivity (Wildman–Crippen MR) is 109 cm³/mol. The van der Waals surface area contributed by atoms with Crippen LogP contribution in [0.25, 0.3) is 10.9 Å². The van der Waals surface area contributed by atoms with Crippen LogP contribution in [0.3, 0.4) is 0 Å². The maximum Gasteiger partial charge on any atom is 0.268 e. The Balaban J connectivity index is 0.00000109. The van der Waals surface area contributed by atoms with E-state index in [2.05, 4.69) is 10.3 Å². The highest BCUT2D eigenvalue weighted by atomic mass is 19.3. The third-order valence-electron chi connectivity index (χ3n) is 5.62. The van der Waals surface area contributed by atoms with E-state index in [1.165, 1.54) is 4.90 Å². The number of halogens is 2. The van der Waals surface area contributed by atoms with Crippen LogP contribution in [0.1, 0.15) is 52.5 Å². The number of carbonyl (C=O) groups is 2. The maximum absolute atomic E-state index is 13.5. The lowest BCUT2D eigenvalue weighted by Crippen LogP contribution is -2.46. The van der Waals surface area contributed by atoms with Gasteiger partial charge in [0, 0.05) is 33.3 Å². The highest BCUT2D eigenvalue weighted by Crippen LogP contribution is 2.65. The lowest BCUT2D eigenvalue weighted by atomic mass is 10.1. The van der Waals surface area contributed by atoms with E-state index >= 15 is 0 Å². The molecule has 2 fully saturated rings. The van der Waals surface area contributed by atoms with Crippen LogP contribution in [-0.4, -0.2) is 46.8 Å². The monoisotopic (exact) mass is 395 g/mol. The lowest BCUT2D eigenvalue weighted by molar-refractivity contribution is -0.132. The summed E-state index contributed by atoms with van der Waals surface area (Å²) in [5, 5.41) is 3.59. The number of carbonyl (C=O) groups excluding carboxylic acids is 2. The summed E-state index contributed by atoms with van der Waals surface area (Å²) >= 11 is 0. The molecule has 1 aliphatic carbocycles. The number of aromatic amines is 1. The Morgan fingerprint density at radius 1 is 1.29 bits per heavy atom. The fourth-order valence-electron chi connectivity index (χ4n) is 3.87. The standard InChI is InChI=1S/C19H21F2N3O2.C2H6.2H2/c1-11-3-4-14-13(7-11)8-15(23-14)16(25)22-12(2)17(26)24-6-5-18(10-24)9-19(18,20)21;1-2;;/h3-4,7-8,12,23H,5-6,9-10H2,1-2H3,(H,22,25);1-2H3;2*1H/t12-,18+;;;/m1.../s1. The molecule has 1 spiro atoms. The van der Waals surface area contributed by atoms with Gasteiger partial charge in [0.1, 0.15) is 11.7 Å². The number of nitrogens with zero attached hydrogens (tertiary/aromatic N) is 1. The van der Waals surface area contributed by atoms with E-state index in [4.69, 9.17) is 0 Å². The number of hydrogen-bond acceptors (Lipinski definition) is 2. The fourth-order valence-corrected chi connectivity index (χ4v) is 3.87. The zero-order valence-corrected chi connectivity index (χ0v) is 16.7. The van der Waals surface area contributed by atoms with Gasteiger partial charge >= 0.3 is 0 Å². The molecule has 1 saturated carbocycles. The van der Waals surface area contributed by atoms with Crippen LogP contribution < -0.4 is 5.32 Å². The molecule has 1 saturated heterocycles. The Hall–Kier alpha value is -2.44. The van der Waals surface area contributed by atoms with Crippen molar-refractivity contribution < 1.29 is 21.2 Å². The van der Waals surface area contributed by atoms with Crippen LogP contribution in [0.2, 0.25) is 0 Å². The minimum Gasteiger partial charge on any atom is -0.351 e. The molecular formula is C21H31F2N3O2. The number of likely N-dealkylation sites (tertiary alicyclic amines) is 1. The van der Waals surface area contributed by atoms with Crippen LogP contribution in [0.15, 0.2) is 24.3 Å². The zero-order chi connectivity index (χ0) is 20.7. The van der Waals surface area contributed by atoms with Crippen LogP contribution in [-0.2, 0) is 4.79 Å². The second-order valence-electron chi connectivity index (χ2n) is 7.64. The Morgan fingerprint density at radius 2 is 1.96 bits per heavy atom. The topological polar surface area (TPSA) is 65.2 Å². The summed E-state index contributed by atoms with van der Waals surface area (Å²) in [4.78, 5) is 29.4. The predicted octanol–water partition coefficient (Wildman–Crippen LogP) is 4.37. The highest BCUT2D eigenvalue weighted by Gasteiger charge is 2.73. The summed E-state index contributed by atoms with van der Waals surface area (Å²) in [6.45, 7) is 7.95. The first-order chi connectivity index (χ1) is 13.2. The first-order valence-corrected chi connectivity index (χ1v) is 9.78. The molecule has 2 amide bonds. The van der Waals surface area contributed by atoms with Crippen LogP contribution in [0, 0.1) is 12.3 Å². The van der Waals surface area contributed by atoms with Gasteiger partial charge in [-0.3, -0.25) is 9.59 Å². The van der Waals surface area contributed by atoms with E-state index in [-0.39, 0.29) is 27.6 Å². The molecule has 1 aliphatic heterocycles. The lowest BCUT2D eigenvalue weighted by Gasteiger charge is -2.21. The molecule has 4 rings (SSSR count). The fraction of sp³-hybridized carbons (Fsp3) is 0.524. The molecule has 2 aromatic rings. The molecule has 1 aromatic heterocycles. The van der Waals surface area contributed by atoms with Crippen LogP contribution in [0.4, 0.5) is 8.78 Å². The van der Waals surface area contributed by atoms with Gasteiger partial charge in [-0.25, -0.2) is 8.78 Å². The normalized spacial score (nSPS) is 23.3. The van der Waals surface area contributed by atoms with Crippen LogP contribution >= 0.6 is 0 Å².